The molecule has 0 atom stereocenters. The summed E-state index contributed by atoms with van der Waals surface area (Å²) in [5.41, 5.74) is 7.53. The molecule has 1 fully saturated rings. The van der Waals surface area contributed by atoms with Crippen LogP contribution in [-0.4, -0.2) is 29.1 Å². The zero-order valence-electron chi connectivity index (χ0n) is 11.5. The van der Waals surface area contributed by atoms with Crippen LogP contribution in [0.2, 0.25) is 10.0 Å². The van der Waals surface area contributed by atoms with Crippen molar-refractivity contribution < 1.29 is 0 Å². The van der Waals surface area contributed by atoms with Crippen molar-refractivity contribution in [1.82, 2.24) is 9.97 Å². The van der Waals surface area contributed by atoms with Crippen LogP contribution in [0.15, 0.2) is 30.5 Å². The van der Waals surface area contributed by atoms with Crippen LogP contribution >= 0.6 is 23.2 Å². The van der Waals surface area contributed by atoms with E-state index in [0.717, 1.165) is 43.1 Å². The highest BCUT2D eigenvalue weighted by Gasteiger charge is 2.19. The lowest BCUT2D eigenvalue weighted by Gasteiger charge is -2.30. The van der Waals surface area contributed by atoms with Crippen LogP contribution in [0.25, 0.3) is 11.3 Å². The zero-order chi connectivity index (χ0) is 14.8. The number of piperidine rings is 1. The fraction of sp³-hybridized carbons (Fsp3) is 0.333. The Morgan fingerprint density at radius 1 is 1.14 bits per heavy atom. The normalized spacial score (nSPS) is 16.2. The summed E-state index contributed by atoms with van der Waals surface area (Å²) >= 11 is 12.3. The van der Waals surface area contributed by atoms with Gasteiger partial charge in [0.1, 0.15) is 0 Å². The molecular weight excluding hydrogens is 307 g/mol. The second-order valence-corrected chi connectivity index (χ2v) is 5.95. The van der Waals surface area contributed by atoms with Crippen molar-refractivity contribution in [2.45, 2.75) is 18.9 Å². The number of hydrogen-bond donors (Lipinski definition) is 1. The van der Waals surface area contributed by atoms with E-state index >= 15 is 0 Å². The molecule has 1 saturated heterocycles. The molecule has 2 heterocycles. The van der Waals surface area contributed by atoms with Crippen LogP contribution in [-0.2, 0) is 0 Å². The minimum absolute atomic E-state index is 0.284. The van der Waals surface area contributed by atoms with E-state index in [1.165, 1.54) is 0 Å². The van der Waals surface area contributed by atoms with Crippen molar-refractivity contribution in [2.75, 3.05) is 18.0 Å². The molecular formula is C15H16Cl2N4. The van der Waals surface area contributed by atoms with Crippen molar-refractivity contribution in [1.29, 1.82) is 0 Å². The Bertz CT molecular complexity index is 639. The van der Waals surface area contributed by atoms with Gasteiger partial charge in [-0.2, -0.15) is 0 Å². The standard InChI is InChI=1S/C15H16Cl2N4/c16-12-3-1-2-11(14(12)17)13-4-7-19-15(20-13)21-8-5-10(18)6-9-21/h1-4,7,10H,5-6,8-9,18H2. The van der Waals surface area contributed by atoms with Gasteiger partial charge in [0.05, 0.1) is 15.7 Å². The van der Waals surface area contributed by atoms with Gasteiger partial charge in [-0.3, -0.25) is 0 Å². The number of halogens is 2. The number of benzene rings is 1. The molecule has 0 saturated carbocycles. The third-order valence-corrected chi connectivity index (χ3v) is 4.51. The van der Waals surface area contributed by atoms with Crippen LogP contribution in [0.1, 0.15) is 12.8 Å². The van der Waals surface area contributed by atoms with E-state index in [1.807, 2.05) is 18.2 Å². The molecule has 0 unspecified atom stereocenters. The summed E-state index contributed by atoms with van der Waals surface area (Å²) in [5.74, 6) is 0.718. The molecule has 1 aliphatic heterocycles. The number of nitrogens with two attached hydrogens (primary N) is 1. The van der Waals surface area contributed by atoms with Gasteiger partial charge in [0.2, 0.25) is 5.95 Å². The van der Waals surface area contributed by atoms with Crippen LogP contribution in [0.3, 0.4) is 0 Å². The summed E-state index contributed by atoms with van der Waals surface area (Å²) < 4.78 is 0. The zero-order valence-corrected chi connectivity index (χ0v) is 13.0. The smallest absolute Gasteiger partial charge is 0.225 e. The first-order valence-corrected chi connectivity index (χ1v) is 7.68. The first-order valence-electron chi connectivity index (χ1n) is 6.93. The van der Waals surface area contributed by atoms with Crippen molar-refractivity contribution in [2.24, 2.45) is 5.73 Å². The molecule has 1 aromatic carbocycles. The van der Waals surface area contributed by atoms with Gasteiger partial charge in [-0.25, -0.2) is 9.97 Å². The summed E-state index contributed by atoms with van der Waals surface area (Å²) in [5, 5.41) is 1.04. The van der Waals surface area contributed by atoms with E-state index in [4.69, 9.17) is 28.9 Å². The Morgan fingerprint density at radius 3 is 2.67 bits per heavy atom. The van der Waals surface area contributed by atoms with Gasteiger partial charge in [0.15, 0.2) is 0 Å². The highest BCUT2D eigenvalue weighted by molar-refractivity contribution is 6.43. The summed E-state index contributed by atoms with van der Waals surface area (Å²) in [6.07, 6.45) is 3.68. The average molecular weight is 323 g/mol. The molecule has 1 aromatic heterocycles. The summed E-state index contributed by atoms with van der Waals surface area (Å²) in [4.78, 5) is 11.1. The predicted octanol–water partition coefficient (Wildman–Crippen LogP) is 3.38. The number of aromatic nitrogens is 2. The van der Waals surface area contributed by atoms with Crippen LogP contribution in [0.4, 0.5) is 5.95 Å². The van der Waals surface area contributed by atoms with Crippen molar-refractivity contribution >= 4 is 29.2 Å². The summed E-state index contributed by atoms with van der Waals surface area (Å²) in [6, 6.07) is 7.67. The molecule has 0 aliphatic carbocycles. The minimum Gasteiger partial charge on any atom is -0.341 e. The molecule has 3 rings (SSSR count). The summed E-state index contributed by atoms with van der Waals surface area (Å²) in [6.45, 7) is 1.77. The summed E-state index contributed by atoms with van der Waals surface area (Å²) in [7, 11) is 0. The molecule has 2 N–H and O–H groups in total. The Hall–Kier alpha value is -1.36. The van der Waals surface area contributed by atoms with Gasteiger partial charge in [0, 0.05) is 30.9 Å². The molecule has 2 aromatic rings. The molecule has 6 heteroatoms. The third-order valence-electron chi connectivity index (χ3n) is 3.69. The van der Waals surface area contributed by atoms with Crippen molar-refractivity contribution in [3.05, 3.63) is 40.5 Å². The maximum Gasteiger partial charge on any atom is 0.225 e. The fourth-order valence-electron chi connectivity index (χ4n) is 2.45. The second-order valence-electron chi connectivity index (χ2n) is 5.17. The third kappa shape index (κ3) is 3.12. The molecule has 0 bridgehead atoms. The largest absolute Gasteiger partial charge is 0.341 e. The van der Waals surface area contributed by atoms with E-state index in [9.17, 15) is 0 Å². The van der Waals surface area contributed by atoms with Crippen molar-refractivity contribution in [3.8, 4) is 11.3 Å². The molecule has 1 aliphatic rings. The number of hydrogen-bond acceptors (Lipinski definition) is 4. The lowest BCUT2D eigenvalue weighted by molar-refractivity contribution is 0.495. The Labute approximate surface area is 133 Å². The minimum atomic E-state index is 0.284. The first kappa shape index (κ1) is 14.6. The monoisotopic (exact) mass is 322 g/mol. The molecule has 21 heavy (non-hydrogen) atoms. The molecule has 110 valence electrons. The Morgan fingerprint density at radius 2 is 1.90 bits per heavy atom. The van der Waals surface area contributed by atoms with E-state index in [0.29, 0.717) is 10.0 Å². The van der Waals surface area contributed by atoms with E-state index in [-0.39, 0.29) is 6.04 Å². The Kier molecular flexibility index (Phi) is 4.29. The van der Waals surface area contributed by atoms with Gasteiger partial charge in [-0.15, -0.1) is 0 Å². The maximum atomic E-state index is 6.26. The fourth-order valence-corrected chi connectivity index (χ4v) is 2.85. The van der Waals surface area contributed by atoms with Crippen LogP contribution < -0.4 is 10.6 Å². The molecule has 0 spiro atoms. The average Bonchev–Trinajstić information content (AvgIpc) is 2.51. The van der Waals surface area contributed by atoms with Gasteiger partial charge < -0.3 is 10.6 Å². The second kappa shape index (κ2) is 6.18. The molecule has 0 radical (unpaired) electrons. The van der Waals surface area contributed by atoms with Gasteiger partial charge in [-0.1, -0.05) is 35.3 Å². The number of rotatable bonds is 2. The highest BCUT2D eigenvalue weighted by atomic mass is 35.5. The molecule has 0 amide bonds. The number of nitrogens with zero attached hydrogens (tertiary/aromatic N) is 3. The Balaban J connectivity index is 1.91. The number of anilines is 1. The predicted molar refractivity (Wildman–Crippen MR) is 86.9 cm³/mol. The van der Waals surface area contributed by atoms with Crippen molar-refractivity contribution in [3.63, 3.8) is 0 Å². The topological polar surface area (TPSA) is 55.0 Å². The van der Waals surface area contributed by atoms with Gasteiger partial charge in [0.25, 0.3) is 0 Å². The molecule has 4 nitrogen and oxygen atoms in total. The lowest BCUT2D eigenvalue weighted by atomic mass is 10.1. The quantitative estimate of drug-likeness (QED) is 0.920. The maximum absolute atomic E-state index is 6.26. The van der Waals surface area contributed by atoms with Crippen LogP contribution in [0.5, 0.6) is 0 Å². The van der Waals surface area contributed by atoms with Crippen LogP contribution in [0, 0.1) is 0 Å². The van der Waals surface area contributed by atoms with E-state index in [2.05, 4.69) is 14.9 Å². The van der Waals surface area contributed by atoms with E-state index < -0.39 is 0 Å². The van der Waals surface area contributed by atoms with E-state index in [1.54, 1.807) is 12.3 Å². The highest BCUT2D eigenvalue weighted by Crippen LogP contribution is 2.32. The SMILES string of the molecule is NC1CCN(c2nccc(-c3cccc(Cl)c3Cl)n2)CC1. The van der Waals surface area contributed by atoms with Gasteiger partial charge in [-0.05, 0) is 25.0 Å². The lowest BCUT2D eigenvalue weighted by Crippen LogP contribution is -2.40. The van der Waals surface area contributed by atoms with Gasteiger partial charge >= 0.3 is 0 Å². The first-order chi connectivity index (χ1) is 10.1.